The summed E-state index contributed by atoms with van der Waals surface area (Å²) in [4.78, 5) is 0. The van der Waals surface area contributed by atoms with Crippen LogP contribution in [0, 0.1) is 5.92 Å². The highest BCUT2D eigenvalue weighted by atomic mass is 16.7. The van der Waals surface area contributed by atoms with E-state index >= 15 is 0 Å². The molecule has 0 aliphatic carbocycles. The molecule has 2 heterocycles. The third kappa shape index (κ3) is 3.44. The van der Waals surface area contributed by atoms with E-state index in [2.05, 4.69) is 13.8 Å². The maximum Gasteiger partial charge on any atom is 0.158 e. The molecule has 2 saturated heterocycles. The Balaban J connectivity index is 1.68. The molecule has 3 heteroatoms. The Hall–Kier alpha value is -0.120. The van der Waals surface area contributed by atoms with Crippen molar-refractivity contribution in [1.29, 1.82) is 0 Å². The van der Waals surface area contributed by atoms with Crippen LogP contribution in [0.1, 0.15) is 46.0 Å². The first kappa shape index (κ1) is 12.3. The predicted molar refractivity (Wildman–Crippen MR) is 62.3 cm³/mol. The summed E-state index contributed by atoms with van der Waals surface area (Å²) in [5.74, 6) is 0.617. The van der Waals surface area contributed by atoms with Crippen LogP contribution in [0.4, 0.5) is 0 Å². The Kier molecular flexibility index (Phi) is 4.62. The van der Waals surface area contributed by atoms with Gasteiger partial charge in [-0.3, -0.25) is 0 Å². The van der Waals surface area contributed by atoms with Crippen molar-refractivity contribution in [3.05, 3.63) is 0 Å². The normalized spacial score (nSPS) is 36.6. The Labute approximate surface area is 98.4 Å². The molecule has 3 atom stereocenters. The number of hydrogen-bond donors (Lipinski definition) is 0. The Morgan fingerprint density at radius 2 is 1.94 bits per heavy atom. The van der Waals surface area contributed by atoms with Gasteiger partial charge in [0.25, 0.3) is 0 Å². The second kappa shape index (κ2) is 5.99. The molecule has 3 unspecified atom stereocenters. The smallest absolute Gasteiger partial charge is 0.158 e. The molecule has 2 rings (SSSR count). The Bertz CT molecular complexity index is 191. The lowest BCUT2D eigenvalue weighted by atomic mass is 9.98. The van der Waals surface area contributed by atoms with Crippen molar-refractivity contribution >= 4 is 0 Å². The van der Waals surface area contributed by atoms with Crippen LogP contribution in [0.2, 0.25) is 0 Å². The molecule has 0 amide bonds. The average molecular weight is 228 g/mol. The second-order valence-electron chi connectivity index (χ2n) is 5.25. The first-order valence-electron chi connectivity index (χ1n) is 6.64. The molecule has 0 N–H and O–H groups in total. The molecule has 0 saturated carbocycles. The fraction of sp³-hybridized carbons (Fsp3) is 1.00. The summed E-state index contributed by atoms with van der Waals surface area (Å²) in [6, 6.07) is 0. The average Bonchev–Trinajstić information content (AvgIpc) is 2.31. The summed E-state index contributed by atoms with van der Waals surface area (Å²) >= 11 is 0. The van der Waals surface area contributed by atoms with Crippen molar-refractivity contribution in [3.8, 4) is 0 Å². The molecule has 0 aromatic rings. The van der Waals surface area contributed by atoms with E-state index in [-0.39, 0.29) is 12.4 Å². The standard InChI is InChI=1S/C13H24O3/c1-10(2)12-7-6-11(9-15-12)16-13-5-3-4-8-14-13/h10-13H,3-9H2,1-2H3. The zero-order chi connectivity index (χ0) is 11.4. The zero-order valence-electron chi connectivity index (χ0n) is 10.5. The minimum atomic E-state index is 0.0259. The molecule has 3 nitrogen and oxygen atoms in total. The summed E-state index contributed by atoms with van der Waals surface area (Å²) in [6.45, 7) is 6.03. The number of rotatable bonds is 3. The highest BCUT2D eigenvalue weighted by molar-refractivity contribution is 4.73. The molecule has 0 radical (unpaired) electrons. The van der Waals surface area contributed by atoms with Crippen LogP contribution in [0.25, 0.3) is 0 Å². The van der Waals surface area contributed by atoms with Gasteiger partial charge in [0.05, 0.1) is 18.8 Å². The van der Waals surface area contributed by atoms with Crippen molar-refractivity contribution in [3.63, 3.8) is 0 Å². The number of ether oxygens (including phenoxy) is 3. The molecule has 0 aromatic carbocycles. The molecule has 2 aliphatic heterocycles. The molecular formula is C13H24O3. The van der Waals surface area contributed by atoms with Gasteiger partial charge in [0.1, 0.15) is 0 Å². The van der Waals surface area contributed by atoms with Crippen LogP contribution < -0.4 is 0 Å². The minimum Gasteiger partial charge on any atom is -0.375 e. The lowest BCUT2D eigenvalue weighted by Crippen LogP contribution is -2.37. The second-order valence-corrected chi connectivity index (χ2v) is 5.25. The molecule has 94 valence electrons. The van der Waals surface area contributed by atoms with Crippen molar-refractivity contribution in [1.82, 2.24) is 0 Å². The van der Waals surface area contributed by atoms with Gasteiger partial charge in [-0.1, -0.05) is 13.8 Å². The largest absolute Gasteiger partial charge is 0.375 e. The SMILES string of the molecule is CC(C)C1CCC(OC2CCCCO2)CO1. The van der Waals surface area contributed by atoms with Gasteiger partial charge in [-0.05, 0) is 38.0 Å². The lowest BCUT2D eigenvalue weighted by Gasteiger charge is -2.34. The third-order valence-corrected chi connectivity index (χ3v) is 3.50. The summed E-state index contributed by atoms with van der Waals surface area (Å²) in [6.07, 6.45) is 6.38. The van der Waals surface area contributed by atoms with Gasteiger partial charge in [0.15, 0.2) is 6.29 Å². The summed E-state index contributed by atoms with van der Waals surface area (Å²) < 4.78 is 17.3. The van der Waals surface area contributed by atoms with Crippen molar-refractivity contribution in [2.24, 2.45) is 5.92 Å². The first-order chi connectivity index (χ1) is 7.75. The molecular weight excluding hydrogens is 204 g/mol. The molecule has 2 fully saturated rings. The maximum atomic E-state index is 5.91. The van der Waals surface area contributed by atoms with Gasteiger partial charge < -0.3 is 14.2 Å². The molecule has 0 bridgehead atoms. The fourth-order valence-corrected chi connectivity index (χ4v) is 2.41. The molecule has 0 spiro atoms. The fourth-order valence-electron chi connectivity index (χ4n) is 2.41. The van der Waals surface area contributed by atoms with Crippen LogP contribution in [0.5, 0.6) is 0 Å². The Morgan fingerprint density at radius 1 is 1.06 bits per heavy atom. The van der Waals surface area contributed by atoms with Crippen LogP contribution in [-0.2, 0) is 14.2 Å². The van der Waals surface area contributed by atoms with E-state index in [1.807, 2.05) is 0 Å². The van der Waals surface area contributed by atoms with E-state index in [0.717, 1.165) is 32.5 Å². The number of hydrogen-bond acceptors (Lipinski definition) is 3. The van der Waals surface area contributed by atoms with Gasteiger partial charge >= 0.3 is 0 Å². The maximum absolute atomic E-state index is 5.91. The van der Waals surface area contributed by atoms with Gasteiger partial charge in [0, 0.05) is 6.61 Å². The molecule has 16 heavy (non-hydrogen) atoms. The van der Waals surface area contributed by atoms with Gasteiger partial charge in [-0.15, -0.1) is 0 Å². The van der Waals surface area contributed by atoms with E-state index in [0.29, 0.717) is 12.0 Å². The van der Waals surface area contributed by atoms with Gasteiger partial charge in [0.2, 0.25) is 0 Å². The summed E-state index contributed by atoms with van der Waals surface area (Å²) in [5.41, 5.74) is 0. The highest BCUT2D eigenvalue weighted by Crippen LogP contribution is 2.24. The predicted octanol–water partition coefficient (Wildman–Crippen LogP) is 2.73. The van der Waals surface area contributed by atoms with Crippen LogP contribution in [0.3, 0.4) is 0 Å². The van der Waals surface area contributed by atoms with E-state index < -0.39 is 0 Å². The quantitative estimate of drug-likeness (QED) is 0.743. The first-order valence-corrected chi connectivity index (χ1v) is 6.64. The summed E-state index contributed by atoms with van der Waals surface area (Å²) in [5, 5.41) is 0. The molecule has 2 aliphatic rings. The van der Waals surface area contributed by atoms with Crippen molar-refractivity contribution < 1.29 is 14.2 Å². The van der Waals surface area contributed by atoms with Crippen LogP contribution in [0.15, 0.2) is 0 Å². The van der Waals surface area contributed by atoms with Crippen molar-refractivity contribution in [2.75, 3.05) is 13.2 Å². The highest BCUT2D eigenvalue weighted by Gasteiger charge is 2.27. The minimum absolute atomic E-state index is 0.0259. The third-order valence-electron chi connectivity index (χ3n) is 3.50. The molecule has 0 aromatic heterocycles. The summed E-state index contributed by atoms with van der Waals surface area (Å²) in [7, 11) is 0. The topological polar surface area (TPSA) is 27.7 Å². The van der Waals surface area contributed by atoms with E-state index in [1.165, 1.54) is 12.8 Å². The van der Waals surface area contributed by atoms with Gasteiger partial charge in [-0.2, -0.15) is 0 Å². The van der Waals surface area contributed by atoms with E-state index in [4.69, 9.17) is 14.2 Å². The van der Waals surface area contributed by atoms with Crippen LogP contribution in [-0.4, -0.2) is 31.7 Å². The van der Waals surface area contributed by atoms with Crippen LogP contribution >= 0.6 is 0 Å². The Morgan fingerprint density at radius 3 is 2.50 bits per heavy atom. The lowest BCUT2D eigenvalue weighted by molar-refractivity contribution is -0.214. The van der Waals surface area contributed by atoms with E-state index in [1.54, 1.807) is 0 Å². The zero-order valence-corrected chi connectivity index (χ0v) is 10.5. The van der Waals surface area contributed by atoms with Crippen molar-refractivity contribution in [2.45, 2.75) is 64.4 Å². The van der Waals surface area contributed by atoms with E-state index in [9.17, 15) is 0 Å². The monoisotopic (exact) mass is 228 g/mol. The van der Waals surface area contributed by atoms with Gasteiger partial charge in [-0.25, -0.2) is 0 Å².